The fourth-order valence-corrected chi connectivity index (χ4v) is 12.1. The SMILES string of the molecule is CCCCc1ccc(N2B3c4cc5c(cc4N(c4ccc(CCCC)cc4-c4ccccc4)c4cc6c(oc7ccccc76)c(c43)-c3cc(-c4ccccc4)ccc32)C(C)(C)c2ccccc2-5)cc1. The molecular formula is C65H55BN2O. The van der Waals surface area contributed by atoms with E-state index in [0.29, 0.717) is 0 Å². The number of anilines is 5. The molecular weight excluding hydrogens is 836 g/mol. The zero-order valence-corrected chi connectivity index (χ0v) is 40.0. The Kier molecular flexibility index (Phi) is 9.84. The Hall–Kier alpha value is -7.56. The highest BCUT2D eigenvalue weighted by Gasteiger charge is 2.49. The molecule has 69 heavy (non-hydrogen) atoms. The Bertz CT molecular complexity index is 3630. The molecule has 0 bridgehead atoms. The summed E-state index contributed by atoms with van der Waals surface area (Å²) in [4.78, 5) is 5.31. The molecule has 0 saturated carbocycles. The molecule has 2 aliphatic heterocycles. The number of benzene rings is 9. The Morgan fingerprint density at radius 2 is 1.16 bits per heavy atom. The molecule has 1 aliphatic carbocycles. The minimum atomic E-state index is -0.198. The predicted octanol–water partition coefficient (Wildman–Crippen LogP) is 16.6. The summed E-state index contributed by atoms with van der Waals surface area (Å²) in [6.45, 7) is 9.21. The first-order valence-electron chi connectivity index (χ1n) is 25.2. The van der Waals surface area contributed by atoms with Crippen LogP contribution in [-0.4, -0.2) is 6.85 Å². The zero-order chi connectivity index (χ0) is 46.4. The molecule has 1 aromatic heterocycles. The van der Waals surface area contributed by atoms with Crippen LogP contribution in [0.3, 0.4) is 0 Å². The highest BCUT2D eigenvalue weighted by Crippen LogP contribution is 2.55. The maximum Gasteiger partial charge on any atom is 0.333 e. The van der Waals surface area contributed by atoms with Crippen molar-refractivity contribution in [2.45, 2.75) is 71.6 Å². The van der Waals surface area contributed by atoms with Gasteiger partial charge in [0, 0.05) is 55.6 Å². The Morgan fingerprint density at radius 1 is 0.478 bits per heavy atom. The number of fused-ring (bicyclic) bond motifs is 11. The molecule has 0 amide bonds. The second kappa shape index (κ2) is 16.3. The minimum absolute atomic E-state index is 0.180. The number of para-hydroxylation sites is 1. The first-order chi connectivity index (χ1) is 33.9. The van der Waals surface area contributed by atoms with E-state index in [2.05, 4.69) is 225 Å². The number of rotatable bonds is 10. The summed E-state index contributed by atoms with van der Waals surface area (Å²) in [5.74, 6) is 0. The third kappa shape index (κ3) is 6.48. The quantitative estimate of drug-likeness (QED) is 0.128. The number of aryl methyl sites for hydroxylation is 2. The van der Waals surface area contributed by atoms with Gasteiger partial charge in [0.25, 0.3) is 0 Å². The topological polar surface area (TPSA) is 19.6 Å². The van der Waals surface area contributed by atoms with Crippen LogP contribution in [0.25, 0.3) is 66.4 Å². The number of unbranched alkanes of at least 4 members (excludes halogenated alkanes) is 2. The summed E-state index contributed by atoms with van der Waals surface area (Å²) in [5, 5.41) is 2.26. The molecule has 0 atom stereocenters. The van der Waals surface area contributed by atoms with E-state index in [1.54, 1.807) is 0 Å². The molecule has 0 unspecified atom stereocenters. The third-order valence-electron chi connectivity index (χ3n) is 15.6. The van der Waals surface area contributed by atoms with Crippen LogP contribution >= 0.6 is 0 Å². The summed E-state index contributed by atoms with van der Waals surface area (Å²) in [5.41, 5.74) is 25.5. The standard InChI is InChI=1S/C65H55BN2O/c1-5-7-19-42-29-33-47(34-30-42)68-58-36-32-46(44-21-11-9-12-22-44)38-53(58)62-63-60(40-52-49-26-16-18-28-61(49)69-64(52)62)67(57-35-31-43(20-8-6-2)37-50(57)45-23-13-10-14-24-45)59-41-55-51(39-56(59)66(63)68)48-25-15-17-27-54(48)65(55,3)4/h9-18,21-41H,5-8,19-20H2,1-4H3. The van der Waals surface area contributed by atoms with Crippen molar-refractivity contribution in [3.63, 3.8) is 0 Å². The first-order valence-corrected chi connectivity index (χ1v) is 25.2. The molecule has 13 rings (SSSR count). The van der Waals surface area contributed by atoms with Crippen LogP contribution in [-0.2, 0) is 18.3 Å². The van der Waals surface area contributed by atoms with E-state index in [-0.39, 0.29) is 12.3 Å². The lowest BCUT2D eigenvalue weighted by Gasteiger charge is -2.46. The highest BCUT2D eigenvalue weighted by molar-refractivity contribution is 6.94. The van der Waals surface area contributed by atoms with Gasteiger partial charge >= 0.3 is 6.85 Å². The van der Waals surface area contributed by atoms with Gasteiger partial charge in [0.05, 0.1) is 5.69 Å². The normalized spacial score (nSPS) is 13.9. The molecule has 3 aliphatic rings. The van der Waals surface area contributed by atoms with Gasteiger partial charge < -0.3 is 14.1 Å². The first kappa shape index (κ1) is 41.6. The Labute approximate surface area is 406 Å². The van der Waals surface area contributed by atoms with E-state index < -0.39 is 0 Å². The van der Waals surface area contributed by atoms with E-state index in [0.717, 1.165) is 47.6 Å². The van der Waals surface area contributed by atoms with E-state index in [1.165, 1.54) is 119 Å². The summed E-state index contributed by atoms with van der Waals surface area (Å²) in [7, 11) is 0. The van der Waals surface area contributed by atoms with Gasteiger partial charge in [0.2, 0.25) is 0 Å². The van der Waals surface area contributed by atoms with Crippen LogP contribution in [0.5, 0.6) is 0 Å². The van der Waals surface area contributed by atoms with Crippen molar-refractivity contribution in [2.75, 3.05) is 9.71 Å². The lowest BCUT2D eigenvalue weighted by atomic mass is 9.43. The van der Waals surface area contributed by atoms with E-state index >= 15 is 0 Å². The number of furan rings is 1. The maximum absolute atomic E-state index is 7.21. The fraction of sp³-hybridized carbons (Fsp3) is 0.169. The molecule has 10 aromatic rings. The summed E-state index contributed by atoms with van der Waals surface area (Å²) < 4.78 is 7.21. The predicted molar refractivity (Wildman–Crippen MR) is 293 cm³/mol. The summed E-state index contributed by atoms with van der Waals surface area (Å²) in [6.07, 6.45) is 6.79. The van der Waals surface area contributed by atoms with Crippen LogP contribution in [0.2, 0.25) is 0 Å². The second-order valence-corrected chi connectivity index (χ2v) is 20.1. The fourth-order valence-electron chi connectivity index (χ4n) is 12.1. The smallest absolute Gasteiger partial charge is 0.333 e. The monoisotopic (exact) mass is 890 g/mol. The molecule has 9 aromatic carbocycles. The van der Waals surface area contributed by atoms with E-state index in [1.807, 2.05) is 0 Å². The van der Waals surface area contributed by atoms with Gasteiger partial charge in [-0.1, -0.05) is 174 Å². The molecule has 0 saturated heterocycles. The van der Waals surface area contributed by atoms with Crippen molar-refractivity contribution in [3.05, 3.63) is 210 Å². The summed E-state index contributed by atoms with van der Waals surface area (Å²) in [6, 6.07) is 71.2. The van der Waals surface area contributed by atoms with Crippen LogP contribution in [0.15, 0.2) is 192 Å². The lowest BCUT2D eigenvalue weighted by molar-refractivity contribution is 0.660. The van der Waals surface area contributed by atoms with Crippen LogP contribution in [0.1, 0.15) is 75.6 Å². The number of hydrogen-bond donors (Lipinski definition) is 0. The Morgan fingerprint density at radius 3 is 1.94 bits per heavy atom. The average Bonchev–Trinajstić information content (AvgIpc) is 3.88. The lowest BCUT2D eigenvalue weighted by Crippen LogP contribution is -2.61. The van der Waals surface area contributed by atoms with E-state index in [9.17, 15) is 0 Å². The molecule has 0 spiro atoms. The van der Waals surface area contributed by atoms with Gasteiger partial charge in [-0.3, -0.25) is 0 Å². The van der Waals surface area contributed by atoms with Gasteiger partial charge in [-0.15, -0.1) is 0 Å². The van der Waals surface area contributed by atoms with Gasteiger partial charge in [-0.2, -0.15) is 0 Å². The molecule has 0 fully saturated rings. The van der Waals surface area contributed by atoms with Crippen molar-refractivity contribution in [3.8, 4) is 44.5 Å². The van der Waals surface area contributed by atoms with Crippen molar-refractivity contribution < 1.29 is 4.42 Å². The van der Waals surface area contributed by atoms with E-state index in [4.69, 9.17) is 4.42 Å². The third-order valence-corrected chi connectivity index (χ3v) is 15.6. The zero-order valence-electron chi connectivity index (χ0n) is 40.0. The largest absolute Gasteiger partial charge is 0.455 e. The van der Waals surface area contributed by atoms with Crippen LogP contribution in [0, 0.1) is 0 Å². The summed E-state index contributed by atoms with van der Waals surface area (Å²) >= 11 is 0. The van der Waals surface area contributed by atoms with Crippen molar-refractivity contribution in [1.29, 1.82) is 0 Å². The van der Waals surface area contributed by atoms with Gasteiger partial charge in [-0.25, -0.2) is 0 Å². The van der Waals surface area contributed by atoms with Crippen LogP contribution in [0.4, 0.5) is 28.4 Å². The molecule has 334 valence electrons. The molecule has 0 radical (unpaired) electrons. The average molecular weight is 891 g/mol. The van der Waals surface area contributed by atoms with Gasteiger partial charge in [0.15, 0.2) is 0 Å². The number of hydrogen-bond acceptors (Lipinski definition) is 3. The Balaban J connectivity index is 1.19. The number of nitrogens with zero attached hydrogens (tertiary/aromatic N) is 2. The molecule has 3 heterocycles. The van der Waals surface area contributed by atoms with Crippen molar-refractivity contribution >= 4 is 68.1 Å². The molecule has 3 nitrogen and oxygen atoms in total. The van der Waals surface area contributed by atoms with Gasteiger partial charge in [-0.05, 0) is 141 Å². The minimum Gasteiger partial charge on any atom is -0.455 e. The van der Waals surface area contributed by atoms with Crippen molar-refractivity contribution in [1.82, 2.24) is 0 Å². The maximum atomic E-state index is 7.21. The second-order valence-electron chi connectivity index (χ2n) is 20.1. The van der Waals surface area contributed by atoms with Gasteiger partial charge in [0.1, 0.15) is 11.2 Å². The molecule has 4 heteroatoms. The van der Waals surface area contributed by atoms with Crippen LogP contribution < -0.4 is 20.6 Å². The molecule has 0 N–H and O–H groups in total. The van der Waals surface area contributed by atoms with Crippen molar-refractivity contribution in [2.24, 2.45) is 0 Å². The highest BCUT2D eigenvalue weighted by atomic mass is 16.3.